The molecule has 1 aromatic rings. The van der Waals surface area contributed by atoms with E-state index in [1.165, 1.54) is 6.07 Å². The number of carbonyl (C=O) groups excluding carboxylic acids is 1. The fourth-order valence-electron chi connectivity index (χ4n) is 1.67. The highest BCUT2D eigenvalue weighted by molar-refractivity contribution is 14.1. The monoisotopic (exact) mass is 388 g/mol. The number of benzene rings is 1. The van der Waals surface area contributed by atoms with Crippen LogP contribution in [0, 0.1) is 14.9 Å². The van der Waals surface area contributed by atoms with Crippen molar-refractivity contribution in [1.82, 2.24) is 0 Å². The number of nitrogens with zero attached hydrogens (tertiary/aromatic N) is 1. The summed E-state index contributed by atoms with van der Waals surface area (Å²) >= 11 is 2.03. The maximum atomic E-state index is 11.8. The van der Waals surface area contributed by atoms with Gasteiger partial charge in [0.05, 0.1) is 27.5 Å². The van der Waals surface area contributed by atoms with Gasteiger partial charge >= 0.3 is 5.97 Å². The van der Waals surface area contributed by atoms with Crippen molar-refractivity contribution >= 4 is 34.2 Å². The summed E-state index contributed by atoms with van der Waals surface area (Å²) in [6.45, 7) is 4.02. The Hall–Kier alpha value is -1.49. The van der Waals surface area contributed by atoms with Crippen molar-refractivity contribution in [3.63, 3.8) is 0 Å². The third-order valence-corrected chi connectivity index (χ3v) is 3.36. The van der Waals surface area contributed by atoms with E-state index in [1.807, 2.05) is 35.6 Å². The van der Waals surface area contributed by atoms with E-state index in [9.17, 15) is 4.79 Å². The van der Waals surface area contributed by atoms with E-state index in [1.54, 1.807) is 13.0 Å². The van der Waals surface area contributed by atoms with Gasteiger partial charge in [-0.25, -0.2) is 4.79 Å². The van der Waals surface area contributed by atoms with E-state index in [0.29, 0.717) is 33.6 Å². The molecule has 1 aromatic carbocycles. The van der Waals surface area contributed by atoms with Gasteiger partial charge in [-0.2, -0.15) is 5.26 Å². The fraction of sp³-hybridized carbons (Fsp3) is 0.429. The zero-order chi connectivity index (χ0) is 15.1. The Bertz CT molecular complexity index is 503. The molecule has 0 saturated heterocycles. The summed E-state index contributed by atoms with van der Waals surface area (Å²) in [5.41, 5.74) is 6.69. The topological polar surface area (TPSA) is 85.3 Å². The first-order valence-corrected chi connectivity index (χ1v) is 7.43. The van der Waals surface area contributed by atoms with Crippen molar-refractivity contribution in [2.75, 3.05) is 12.3 Å². The molecule has 2 N–H and O–H groups in total. The highest BCUT2D eigenvalue weighted by Gasteiger charge is 2.23. The quantitative estimate of drug-likeness (QED) is 0.460. The molecule has 0 radical (unpaired) electrons. The molecule has 0 fully saturated rings. The standard InChI is InChI=1S/C14H17IN2O3/c1-3-5-12(14(18)19-4-2)20-13-10(15)6-9(8-16)7-11(13)17/h6-7,12H,3-5,17H2,1-2H3. The molecule has 6 heteroatoms. The molecule has 0 aliphatic rings. The maximum Gasteiger partial charge on any atom is 0.347 e. The van der Waals surface area contributed by atoms with Crippen LogP contribution < -0.4 is 10.5 Å². The molecule has 108 valence electrons. The highest BCUT2D eigenvalue weighted by Crippen LogP contribution is 2.31. The van der Waals surface area contributed by atoms with Crippen LogP contribution in [0.5, 0.6) is 5.75 Å². The second kappa shape index (κ2) is 7.94. The molecule has 0 spiro atoms. The van der Waals surface area contributed by atoms with Crippen LogP contribution in [0.3, 0.4) is 0 Å². The van der Waals surface area contributed by atoms with Crippen molar-refractivity contribution in [2.45, 2.75) is 32.8 Å². The lowest BCUT2D eigenvalue weighted by Gasteiger charge is -2.19. The largest absolute Gasteiger partial charge is 0.475 e. The molecule has 0 aromatic heterocycles. The Morgan fingerprint density at radius 3 is 2.70 bits per heavy atom. The Kier molecular flexibility index (Phi) is 6.58. The zero-order valence-electron chi connectivity index (χ0n) is 11.5. The van der Waals surface area contributed by atoms with Gasteiger partial charge in [-0.3, -0.25) is 0 Å². The SMILES string of the molecule is CCCC(Oc1c(N)cc(C#N)cc1I)C(=O)OCC. The van der Waals surface area contributed by atoms with Crippen molar-refractivity contribution < 1.29 is 14.3 Å². The lowest BCUT2D eigenvalue weighted by atomic mass is 10.2. The van der Waals surface area contributed by atoms with Gasteiger partial charge in [0.2, 0.25) is 0 Å². The average Bonchev–Trinajstić information content (AvgIpc) is 2.41. The highest BCUT2D eigenvalue weighted by atomic mass is 127. The third-order valence-electron chi connectivity index (χ3n) is 2.56. The Morgan fingerprint density at radius 2 is 2.20 bits per heavy atom. The molecule has 0 aliphatic carbocycles. The normalized spacial score (nSPS) is 11.5. The first-order valence-electron chi connectivity index (χ1n) is 6.35. The fourth-order valence-corrected chi connectivity index (χ4v) is 2.44. The van der Waals surface area contributed by atoms with Crippen LogP contribution in [0.15, 0.2) is 12.1 Å². The van der Waals surface area contributed by atoms with Gasteiger partial charge in [-0.05, 0) is 48.1 Å². The van der Waals surface area contributed by atoms with E-state index in [0.717, 1.165) is 6.42 Å². The van der Waals surface area contributed by atoms with Crippen LogP contribution in [-0.4, -0.2) is 18.7 Å². The molecular formula is C14H17IN2O3. The van der Waals surface area contributed by atoms with E-state index < -0.39 is 12.1 Å². The number of esters is 1. The number of rotatable bonds is 6. The van der Waals surface area contributed by atoms with Gasteiger partial charge in [-0.1, -0.05) is 13.3 Å². The van der Waals surface area contributed by atoms with Crippen LogP contribution in [0.2, 0.25) is 0 Å². The smallest absolute Gasteiger partial charge is 0.347 e. The minimum Gasteiger partial charge on any atom is -0.475 e. The summed E-state index contributed by atoms with van der Waals surface area (Å²) < 4.78 is 11.4. The minimum atomic E-state index is -0.677. The van der Waals surface area contributed by atoms with E-state index in [2.05, 4.69) is 0 Å². The molecule has 5 nitrogen and oxygen atoms in total. The second-order valence-electron chi connectivity index (χ2n) is 4.14. The number of halogens is 1. The molecule has 0 aliphatic heterocycles. The molecule has 1 unspecified atom stereocenters. The number of nitrogens with two attached hydrogens (primary N) is 1. The summed E-state index contributed by atoms with van der Waals surface area (Å²) in [5, 5.41) is 8.88. The summed E-state index contributed by atoms with van der Waals surface area (Å²) in [6.07, 6.45) is 0.661. The van der Waals surface area contributed by atoms with Crippen LogP contribution in [0.25, 0.3) is 0 Å². The molecule has 0 amide bonds. The third kappa shape index (κ3) is 4.27. The Morgan fingerprint density at radius 1 is 1.50 bits per heavy atom. The van der Waals surface area contributed by atoms with E-state index >= 15 is 0 Å². The Balaban J connectivity index is 3.00. The number of ether oxygens (including phenoxy) is 2. The van der Waals surface area contributed by atoms with E-state index in [4.69, 9.17) is 20.5 Å². The molecular weight excluding hydrogens is 371 g/mol. The lowest BCUT2D eigenvalue weighted by Crippen LogP contribution is -2.30. The van der Waals surface area contributed by atoms with Crippen LogP contribution in [0.4, 0.5) is 5.69 Å². The van der Waals surface area contributed by atoms with Gasteiger partial charge in [0.15, 0.2) is 11.9 Å². The molecule has 0 saturated carbocycles. The maximum absolute atomic E-state index is 11.8. The van der Waals surface area contributed by atoms with Gasteiger partial charge in [0.1, 0.15) is 0 Å². The number of hydrogen-bond acceptors (Lipinski definition) is 5. The lowest BCUT2D eigenvalue weighted by molar-refractivity contribution is -0.151. The number of hydrogen-bond donors (Lipinski definition) is 1. The zero-order valence-corrected chi connectivity index (χ0v) is 13.6. The van der Waals surface area contributed by atoms with Crippen LogP contribution in [0.1, 0.15) is 32.3 Å². The summed E-state index contributed by atoms with van der Waals surface area (Å²) in [5.74, 6) is 0.0324. The van der Waals surface area contributed by atoms with Gasteiger partial charge in [-0.15, -0.1) is 0 Å². The minimum absolute atomic E-state index is 0.308. The molecule has 0 bridgehead atoms. The van der Waals surface area contributed by atoms with Gasteiger partial charge in [0, 0.05) is 0 Å². The number of carbonyl (C=O) groups is 1. The first kappa shape index (κ1) is 16.6. The van der Waals surface area contributed by atoms with Crippen LogP contribution in [-0.2, 0) is 9.53 Å². The van der Waals surface area contributed by atoms with Crippen molar-refractivity contribution in [3.05, 3.63) is 21.3 Å². The average molecular weight is 388 g/mol. The molecule has 0 heterocycles. The predicted octanol–water partition coefficient (Wildman–Crippen LogP) is 2.86. The van der Waals surface area contributed by atoms with Crippen LogP contribution >= 0.6 is 22.6 Å². The first-order chi connectivity index (χ1) is 9.53. The predicted molar refractivity (Wildman–Crippen MR) is 84.2 cm³/mol. The number of nitrogen functional groups attached to an aromatic ring is 1. The van der Waals surface area contributed by atoms with Gasteiger partial charge < -0.3 is 15.2 Å². The Labute approximate surface area is 132 Å². The summed E-state index contributed by atoms with van der Waals surface area (Å²) in [7, 11) is 0. The molecule has 1 atom stereocenters. The number of anilines is 1. The van der Waals surface area contributed by atoms with Gasteiger partial charge in [0.25, 0.3) is 0 Å². The van der Waals surface area contributed by atoms with Crippen molar-refractivity contribution in [2.24, 2.45) is 0 Å². The second-order valence-corrected chi connectivity index (χ2v) is 5.30. The molecule has 1 rings (SSSR count). The molecule has 20 heavy (non-hydrogen) atoms. The summed E-state index contributed by atoms with van der Waals surface area (Å²) in [6, 6.07) is 5.23. The van der Waals surface area contributed by atoms with Crippen molar-refractivity contribution in [1.29, 1.82) is 5.26 Å². The number of nitriles is 1. The van der Waals surface area contributed by atoms with E-state index in [-0.39, 0.29) is 0 Å². The summed E-state index contributed by atoms with van der Waals surface area (Å²) in [4.78, 5) is 11.8. The van der Waals surface area contributed by atoms with Crippen molar-refractivity contribution in [3.8, 4) is 11.8 Å².